The molecular formula is C40H40N12. The minimum atomic E-state index is 0.506. The molecular weight excluding hydrogens is 649 g/mol. The van der Waals surface area contributed by atoms with Crippen molar-refractivity contribution in [2.75, 3.05) is 19.6 Å². The number of aryl methyl sites for hydroxylation is 10. The third kappa shape index (κ3) is 5.56. The minimum Gasteiger partial charge on any atom is -0.259 e. The van der Waals surface area contributed by atoms with E-state index < -0.39 is 0 Å². The van der Waals surface area contributed by atoms with Crippen LogP contribution in [0.5, 0.6) is 0 Å². The van der Waals surface area contributed by atoms with E-state index in [4.69, 9.17) is 39.9 Å². The molecule has 0 bridgehead atoms. The van der Waals surface area contributed by atoms with Crippen LogP contribution in [-0.4, -0.2) is 39.9 Å². The van der Waals surface area contributed by atoms with Gasteiger partial charge in [0.1, 0.15) is 0 Å². The molecule has 12 nitrogen and oxygen atoms in total. The fourth-order valence-electron chi connectivity index (χ4n) is 7.10. The molecule has 2 aliphatic heterocycles. The summed E-state index contributed by atoms with van der Waals surface area (Å²) in [6.07, 6.45) is 0. The predicted molar refractivity (Wildman–Crippen MR) is 204 cm³/mol. The summed E-state index contributed by atoms with van der Waals surface area (Å²) in [7, 11) is 0. The van der Waals surface area contributed by atoms with Gasteiger partial charge in [0.25, 0.3) is 0 Å². The Hall–Kier alpha value is -6.30. The summed E-state index contributed by atoms with van der Waals surface area (Å²) >= 11 is 0. The van der Waals surface area contributed by atoms with Crippen molar-refractivity contribution in [1.82, 2.24) is 39.9 Å². The van der Waals surface area contributed by atoms with E-state index in [1.165, 1.54) is 0 Å². The molecule has 0 unspecified atom stereocenters. The van der Waals surface area contributed by atoms with Crippen LogP contribution in [0.2, 0.25) is 0 Å². The van der Waals surface area contributed by atoms with Gasteiger partial charge in [-0.2, -0.15) is 0 Å². The monoisotopic (exact) mass is 688 g/mol. The Morgan fingerprint density at radius 3 is 0.769 bits per heavy atom. The van der Waals surface area contributed by atoms with E-state index in [0.29, 0.717) is 35.4 Å². The molecule has 0 atom stereocenters. The Bertz CT molecular complexity index is 2220. The third-order valence-corrected chi connectivity index (χ3v) is 8.95. The normalized spacial score (nSPS) is 15.1. The lowest BCUT2D eigenvalue weighted by Gasteiger charge is -2.31. The molecule has 0 saturated carbocycles. The van der Waals surface area contributed by atoms with E-state index >= 15 is 0 Å². The van der Waals surface area contributed by atoms with Crippen LogP contribution in [0, 0.1) is 69.2 Å². The highest BCUT2D eigenvalue weighted by molar-refractivity contribution is 5.97. The number of benzene rings is 2. The summed E-state index contributed by atoms with van der Waals surface area (Å²) in [4.78, 5) is 48.8. The van der Waals surface area contributed by atoms with Gasteiger partial charge in [-0.15, -0.1) is 0 Å². The van der Waals surface area contributed by atoms with Crippen molar-refractivity contribution in [1.29, 1.82) is 0 Å². The number of aromatic nitrogens is 8. The van der Waals surface area contributed by atoms with Gasteiger partial charge in [0.15, 0.2) is 11.6 Å². The van der Waals surface area contributed by atoms with Gasteiger partial charge < -0.3 is 0 Å². The average molecular weight is 689 g/mol. The van der Waals surface area contributed by atoms with Crippen LogP contribution in [0.4, 0.5) is 46.5 Å². The lowest BCUT2D eigenvalue weighted by Crippen LogP contribution is -2.36. The van der Waals surface area contributed by atoms with Gasteiger partial charge in [0.2, 0.25) is 23.8 Å². The van der Waals surface area contributed by atoms with Crippen LogP contribution < -0.4 is 19.6 Å². The number of rotatable bonds is 4. The Balaban J connectivity index is 1.59. The molecule has 4 aromatic heterocycles. The Kier molecular flexibility index (Phi) is 7.70. The van der Waals surface area contributed by atoms with Crippen LogP contribution in [-0.2, 0) is 0 Å². The van der Waals surface area contributed by atoms with Gasteiger partial charge in [0.05, 0.1) is 22.7 Å². The first-order valence-electron chi connectivity index (χ1n) is 17.3. The Morgan fingerprint density at radius 2 is 0.519 bits per heavy atom. The fraction of sp³-hybridized carbons (Fsp3) is 0.250. The number of hydrogen-bond donors (Lipinski definition) is 0. The zero-order valence-corrected chi connectivity index (χ0v) is 31.1. The van der Waals surface area contributed by atoms with Crippen LogP contribution in [0.3, 0.4) is 0 Å². The second-order valence-corrected chi connectivity index (χ2v) is 13.8. The minimum absolute atomic E-state index is 0.506. The highest BCUT2D eigenvalue weighted by atomic mass is 15.5. The molecule has 6 aromatic rings. The molecule has 0 spiro atoms. The van der Waals surface area contributed by atoms with Gasteiger partial charge in [-0.25, -0.2) is 39.9 Å². The maximum Gasteiger partial charge on any atom is 0.236 e. The fourth-order valence-corrected chi connectivity index (χ4v) is 7.10. The summed E-state index contributed by atoms with van der Waals surface area (Å²) in [6, 6.07) is 20.6. The Labute approximate surface area is 303 Å². The molecule has 260 valence electrons. The molecule has 0 N–H and O–H groups in total. The van der Waals surface area contributed by atoms with Crippen LogP contribution in [0.1, 0.15) is 56.7 Å². The van der Waals surface area contributed by atoms with Crippen molar-refractivity contribution < 1.29 is 0 Å². The van der Waals surface area contributed by atoms with E-state index in [0.717, 1.165) is 79.4 Å². The summed E-state index contributed by atoms with van der Waals surface area (Å²) in [5.74, 6) is 3.38. The molecule has 2 aromatic carbocycles. The topological polar surface area (TPSA) is 116 Å². The quantitative estimate of drug-likeness (QED) is 0.177. The lowest BCUT2D eigenvalue weighted by molar-refractivity contribution is 0.889. The largest absolute Gasteiger partial charge is 0.259 e. The summed E-state index contributed by atoms with van der Waals surface area (Å²) in [5, 5.41) is 0. The van der Waals surface area contributed by atoms with E-state index in [1.54, 1.807) is 0 Å². The number of nitrogens with zero attached hydrogens (tertiary/aromatic N) is 12. The van der Waals surface area contributed by atoms with Gasteiger partial charge in [-0.05, 0) is 129 Å². The zero-order chi connectivity index (χ0) is 36.6. The van der Waals surface area contributed by atoms with E-state index in [2.05, 4.69) is 69.8 Å². The number of anilines is 8. The highest BCUT2D eigenvalue weighted by Crippen LogP contribution is 2.55. The summed E-state index contributed by atoms with van der Waals surface area (Å²) in [5.41, 5.74) is 12.4. The van der Waals surface area contributed by atoms with Crippen molar-refractivity contribution in [3.05, 3.63) is 129 Å². The van der Waals surface area contributed by atoms with Gasteiger partial charge in [0, 0.05) is 45.6 Å². The van der Waals surface area contributed by atoms with Gasteiger partial charge in [-0.3, -0.25) is 19.6 Å². The van der Waals surface area contributed by atoms with Crippen molar-refractivity contribution in [2.24, 2.45) is 0 Å². The van der Waals surface area contributed by atoms with E-state index in [9.17, 15) is 0 Å². The second kappa shape index (κ2) is 12.2. The third-order valence-electron chi connectivity index (χ3n) is 8.95. The SMILES string of the molecule is Cc1ccc2c(c1)N(c1nc(C)cc(C)n1)/C(=C1\N(c3nc(C)cc(C)n3)c3ccc(C)cc3N1c1nc(C)cc(C)n1)N2c1nc(C)cc(C)n1. The lowest BCUT2D eigenvalue weighted by atomic mass is 10.2. The van der Waals surface area contributed by atoms with E-state index in [-0.39, 0.29) is 0 Å². The number of hydrogen-bond acceptors (Lipinski definition) is 12. The first-order valence-corrected chi connectivity index (χ1v) is 17.3. The molecule has 12 heteroatoms. The van der Waals surface area contributed by atoms with Gasteiger partial charge >= 0.3 is 0 Å². The molecule has 2 aliphatic rings. The van der Waals surface area contributed by atoms with Gasteiger partial charge in [-0.1, -0.05) is 12.1 Å². The maximum atomic E-state index is 5.06. The van der Waals surface area contributed by atoms with Crippen molar-refractivity contribution in [3.8, 4) is 0 Å². The highest BCUT2D eigenvalue weighted by Gasteiger charge is 2.47. The molecule has 0 aliphatic carbocycles. The van der Waals surface area contributed by atoms with Crippen LogP contribution in [0.25, 0.3) is 0 Å². The van der Waals surface area contributed by atoms with Crippen molar-refractivity contribution in [3.63, 3.8) is 0 Å². The molecule has 8 rings (SSSR count). The first kappa shape index (κ1) is 32.9. The summed E-state index contributed by atoms with van der Waals surface area (Å²) in [6.45, 7) is 20.1. The molecule has 0 saturated heterocycles. The average Bonchev–Trinajstić information content (AvgIpc) is 3.55. The zero-order valence-electron chi connectivity index (χ0n) is 31.1. The first-order chi connectivity index (χ1) is 24.8. The van der Waals surface area contributed by atoms with Crippen molar-refractivity contribution in [2.45, 2.75) is 69.2 Å². The van der Waals surface area contributed by atoms with Crippen LogP contribution in [0.15, 0.2) is 72.3 Å². The molecule has 0 radical (unpaired) electrons. The summed E-state index contributed by atoms with van der Waals surface area (Å²) < 4.78 is 0. The van der Waals surface area contributed by atoms with E-state index in [1.807, 2.05) is 79.7 Å². The Morgan fingerprint density at radius 1 is 0.288 bits per heavy atom. The molecule has 6 heterocycles. The predicted octanol–water partition coefficient (Wildman–Crippen LogP) is 8.34. The van der Waals surface area contributed by atoms with Crippen molar-refractivity contribution >= 4 is 46.5 Å². The van der Waals surface area contributed by atoms with Crippen LogP contribution >= 0.6 is 0 Å². The molecule has 0 amide bonds. The molecule has 0 fully saturated rings. The number of fused-ring (bicyclic) bond motifs is 2. The molecule has 52 heavy (non-hydrogen) atoms. The standard InChI is InChI=1S/C40H40N12/c1-21-11-13-31-33(15-21)51(39-45-27(7)19-28(8)46-39)35(49(31)37-41-23(3)17-24(4)42-37)36-50(38-43-25(5)18-26(6)44-38)32-14-12-22(2)16-34(32)52(36)40-47-29(9)20-30(10)48-40/h11-20H,1-10H3/b36-35+. The second-order valence-electron chi connectivity index (χ2n) is 13.8. The maximum absolute atomic E-state index is 5.06. The smallest absolute Gasteiger partial charge is 0.236 e.